The molecule has 0 bridgehead atoms. The highest BCUT2D eigenvalue weighted by Crippen LogP contribution is 2.26. The molecule has 4 nitrogen and oxygen atoms in total. The fourth-order valence-electron chi connectivity index (χ4n) is 2.84. The maximum atomic E-state index is 13.5. The molecule has 0 atom stereocenters. The van der Waals surface area contributed by atoms with E-state index in [-0.39, 0.29) is 11.6 Å². The SMILES string of the molecule is COc1cc(-c2ccnc(NC3CCCCC3)n2)ccc1F. The largest absolute Gasteiger partial charge is 0.494 e. The van der Waals surface area contributed by atoms with E-state index in [4.69, 9.17) is 4.74 Å². The number of methoxy groups -OCH3 is 1. The zero-order valence-corrected chi connectivity index (χ0v) is 12.7. The first kappa shape index (κ1) is 14.8. The van der Waals surface area contributed by atoms with E-state index in [2.05, 4.69) is 15.3 Å². The van der Waals surface area contributed by atoms with E-state index in [1.165, 1.54) is 32.4 Å². The van der Waals surface area contributed by atoms with Crippen molar-refractivity contribution in [3.05, 3.63) is 36.3 Å². The molecule has 1 saturated carbocycles. The third-order valence-corrected chi connectivity index (χ3v) is 4.04. The minimum absolute atomic E-state index is 0.220. The lowest BCUT2D eigenvalue weighted by molar-refractivity contribution is 0.387. The lowest BCUT2D eigenvalue weighted by Crippen LogP contribution is -2.23. The molecular formula is C17H20FN3O. The Morgan fingerprint density at radius 3 is 2.77 bits per heavy atom. The average molecular weight is 301 g/mol. The van der Waals surface area contributed by atoms with Crippen LogP contribution in [0.3, 0.4) is 0 Å². The summed E-state index contributed by atoms with van der Waals surface area (Å²) < 4.78 is 18.5. The molecule has 1 fully saturated rings. The van der Waals surface area contributed by atoms with Gasteiger partial charge in [0.25, 0.3) is 0 Å². The number of aromatic nitrogens is 2. The molecule has 1 aromatic carbocycles. The average Bonchev–Trinajstić information content (AvgIpc) is 2.56. The lowest BCUT2D eigenvalue weighted by Gasteiger charge is -2.22. The van der Waals surface area contributed by atoms with Gasteiger partial charge in [-0.05, 0) is 37.1 Å². The molecule has 22 heavy (non-hydrogen) atoms. The van der Waals surface area contributed by atoms with Crippen molar-refractivity contribution in [2.45, 2.75) is 38.1 Å². The van der Waals surface area contributed by atoms with Crippen LogP contribution in [0.4, 0.5) is 10.3 Å². The second-order valence-corrected chi connectivity index (χ2v) is 5.59. The summed E-state index contributed by atoms with van der Waals surface area (Å²) in [5.41, 5.74) is 1.57. The van der Waals surface area contributed by atoms with Gasteiger partial charge in [-0.15, -0.1) is 0 Å². The Hall–Kier alpha value is -2.17. The Morgan fingerprint density at radius 2 is 2.00 bits per heavy atom. The van der Waals surface area contributed by atoms with Gasteiger partial charge in [0.15, 0.2) is 11.6 Å². The van der Waals surface area contributed by atoms with E-state index >= 15 is 0 Å². The molecule has 1 aliphatic rings. The van der Waals surface area contributed by atoms with E-state index in [1.807, 2.05) is 6.07 Å². The highest BCUT2D eigenvalue weighted by Gasteiger charge is 2.14. The molecule has 3 rings (SSSR count). The summed E-state index contributed by atoms with van der Waals surface area (Å²) in [7, 11) is 1.46. The number of hydrogen-bond donors (Lipinski definition) is 1. The number of rotatable bonds is 4. The van der Waals surface area contributed by atoms with Gasteiger partial charge in [0.2, 0.25) is 5.95 Å². The van der Waals surface area contributed by atoms with Crippen molar-refractivity contribution in [2.75, 3.05) is 12.4 Å². The van der Waals surface area contributed by atoms with E-state index in [1.54, 1.807) is 18.3 Å². The molecule has 5 heteroatoms. The van der Waals surface area contributed by atoms with Gasteiger partial charge in [0, 0.05) is 17.8 Å². The summed E-state index contributed by atoms with van der Waals surface area (Å²) in [5.74, 6) is 0.478. The Bertz CT molecular complexity index is 642. The van der Waals surface area contributed by atoms with Crippen molar-refractivity contribution in [3.8, 4) is 17.0 Å². The number of benzene rings is 1. The Labute approximate surface area is 129 Å². The van der Waals surface area contributed by atoms with Crippen LogP contribution in [0, 0.1) is 5.82 Å². The lowest BCUT2D eigenvalue weighted by atomic mass is 9.96. The molecule has 0 amide bonds. The van der Waals surface area contributed by atoms with Crippen LogP contribution in [-0.4, -0.2) is 23.1 Å². The third-order valence-electron chi connectivity index (χ3n) is 4.04. The Kier molecular flexibility index (Phi) is 4.51. The molecule has 1 N–H and O–H groups in total. The number of nitrogens with one attached hydrogen (secondary N) is 1. The number of anilines is 1. The maximum absolute atomic E-state index is 13.5. The molecule has 0 saturated heterocycles. The molecule has 1 heterocycles. The first-order chi connectivity index (χ1) is 10.8. The normalized spacial score (nSPS) is 15.5. The highest BCUT2D eigenvalue weighted by atomic mass is 19.1. The fourth-order valence-corrected chi connectivity index (χ4v) is 2.84. The van der Waals surface area contributed by atoms with Gasteiger partial charge in [-0.2, -0.15) is 0 Å². The summed E-state index contributed by atoms with van der Waals surface area (Å²) in [6.07, 6.45) is 7.88. The molecule has 1 aromatic heterocycles. The zero-order valence-electron chi connectivity index (χ0n) is 12.7. The van der Waals surface area contributed by atoms with Crippen LogP contribution >= 0.6 is 0 Å². The monoisotopic (exact) mass is 301 g/mol. The smallest absolute Gasteiger partial charge is 0.223 e. The third kappa shape index (κ3) is 3.35. The topological polar surface area (TPSA) is 47.0 Å². The first-order valence-electron chi connectivity index (χ1n) is 7.70. The van der Waals surface area contributed by atoms with Crippen molar-refractivity contribution < 1.29 is 9.13 Å². The number of ether oxygens (including phenoxy) is 1. The van der Waals surface area contributed by atoms with Gasteiger partial charge in [0.05, 0.1) is 12.8 Å². The zero-order chi connectivity index (χ0) is 15.4. The van der Waals surface area contributed by atoms with Crippen LogP contribution in [0.2, 0.25) is 0 Å². The van der Waals surface area contributed by atoms with E-state index in [0.29, 0.717) is 12.0 Å². The van der Waals surface area contributed by atoms with E-state index < -0.39 is 0 Å². The van der Waals surface area contributed by atoms with Crippen molar-refractivity contribution in [1.29, 1.82) is 0 Å². The Morgan fingerprint density at radius 1 is 1.18 bits per heavy atom. The summed E-state index contributed by atoms with van der Waals surface area (Å²) >= 11 is 0. The van der Waals surface area contributed by atoms with Crippen molar-refractivity contribution in [2.24, 2.45) is 0 Å². The van der Waals surface area contributed by atoms with E-state index in [0.717, 1.165) is 24.1 Å². The maximum Gasteiger partial charge on any atom is 0.223 e. The first-order valence-corrected chi connectivity index (χ1v) is 7.70. The van der Waals surface area contributed by atoms with Gasteiger partial charge in [-0.3, -0.25) is 0 Å². The number of halogens is 1. The molecule has 2 aromatic rings. The number of nitrogens with zero attached hydrogens (tertiary/aromatic N) is 2. The standard InChI is InChI=1S/C17H20FN3O/c1-22-16-11-12(7-8-14(16)18)15-9-10-19-17(21-15)20-13-5-3-2-4-6-13/h7-11,13H,2-6H2,1H3,(H,19,20,21). The van der Waals surface area contributed by atoms with Gasteiger partial charge < -0.3 is 10.1 Å². The van der Waals surface area contributed by atoms with Crippen LogP contribution in [0.5, 0.6) is 5.75 Å². The predicted molar refractivity (Wildman–Crippen MR) is 84.5 cm³/mol. The molecule has 0 spiro atoms. The fraction of sp³-hybridized carbons (Fsp3) is 0.412. The molecule has 116 valence electrons. The van der Waals surface area contributed by atoms with Crippen molar-refractivity contribution in [1.82, 2.24) is 9.97 Å². The van der Waals surface area contributed by atoms with Crippen LogP contribution in [0.1, 0.15) is 32.1 Å². The van der Waals surface area contributed by atoms with Gasteiger partial charge in [0.1, 0.15) is 0 Å². The van der Waals surface area contributed by atoms with Crippen molar-refractivity contribution >= 4 is 5.95 Å². The van der Waals surface area contributed by atoms with Gasteiger partial charge >= 0.3 is 0 Å². The van der Waals surface area contributed by atoms with Gasteiger partial charge in [-0.25, -0.2) is 14.4 Å². The summed E-state index contributed by atoms with van der Waals surface area (Å²) in [6, 6.07) is 7.02. The quantitative estimate of drug-likeness (QED) is 0.926. The predicted octanol–water partition coefficient (Wildman–Crippen LogP) is 4.04. The second-order valence-electron chi connectivity index (χ2n) is 5.59. The van der Waals surface area contributed by atoms with Crippen LogP contribution < -0.4 is 10.1 Å². The molecular weight excluding hydrogens is 281 g/mol. The summed E-state index contributed by atoms with van der Waals surface area (Å²) in [5, 5.41) is 3.40. The second kappa shape index (κ2) is 6.73. The molecule has 1 aliphatic carbocycles. The molecule has 0 aliphatic heterocycles. The Balaban J connectivity index is 1.81. The minimum atomic E-state index is -0.374. The van der Waals surface area contributed by atoms with E-state index in [9.17, 15) is 4.39 Å². The molecule has 0 radical (unpaired) electrons. The minimum Gasteiger partial charge on any atom is -0.494 e. The summed E-state index contributed by atoms with van der Waals surface area (Å²) in [4.78, 5) is 8.83. The van der Waals surface area contributed by atoms with Gasteiger partial charge in [-0.1, -0.05) is 19.3 Å². The number of hydrogen-bond acceptors (Lipinski definition) is 4. The summed E-state index contributed by atoms with van der Waals surface area (Å²) in [6.45, 7) is 0. The van der Waals surface area contributed by atoms with Crippen LogP contribution in [0.15, 0.2) is 30.5 Å². The van der Waals surface area contributed by atoms with Crippen molar-refractivity contribution in [3.63, 3.8) is 0 Å². The van der Waals surface area contributed by atoms with Crippen LogP contribution in [0.25, 0.3) is 11.3 Å². The van der Waals surface area contributed by atoms with Crippen LogP contribution in [-0.2, 0) is 0 Å². The molecule has 0 unspecified atom stereocenters. The highest BCUT2D eigenvalue weighted by molar-refractivity contribution is 5.62.